The van der Waals surface area contributed by atoms with Crippen LogP contribution in [0.1, 0.15) is 32.9 Å². The molecule has 172 valence electrons. The standard InChI is InChI=1S/C25H20BrN3O5/c1-16-11-23(31)24(25(32)34-16)22(30)10-7-17-5-8-21(9-6-17)33-15-20-14-29(28-27-20)13-18-3-2-4-19(26)12-18/h2-12,14,31H,13,15H2,1H3/b10-7+. The van der Waals surface area contributed by atoms with E-state index in [-0.39, 0.29) is 12.4 Å². The Hall–Kier alpha value is -3.98. The monoisotopic (exact) mass is 521 g/mol. The first-order valence-corrected chi connectivity index (χ1v) is 11.1. The third-order valence-corrected chi connectivity index (χ3v) is 5.31. The zero-order chi connectivity index (χ0) is 24.1. The number of hydrogen-bond donors (Lipinski definition) is 1. The van der Waals surface area contributed by atoms with E-state index in [1.54, 1.807) is 35.0 Å². The lowest BCUT2D eigenvalue weighted by Gasteiger charge is -2.04. The van der Waals surface area contributed by atoms with Gasteiger partial charge < -0.3 is 14.3 Å². The molecule has 0 radical (unpaired) electrons. The van der Waals surface area contributed by atoms with Crippen LogP contribution < -0.4 is 10.4 Å². The van der Waals surface area contributed by atoms with Crippen molar-refractivity contribution < 1.29 is 19.1 Å². The van der Waals surface area contributed by atoms with E-state index in [2.05, 4.69) is 26.2 Å². The molecular weight excluding hydrogens is 502 g/mol. The van der Waals surface area contributed by atoms with E-state index < -0.39 is 22.7 Å². The molecule has 34 heavy (non-hydrogen) atoms. The van der Waals surface area contributed by atoms with Gasteiger partial charge in [-0.05, 0) is 48.4 Å². The number of aromatic hydroxyl groups is 1. The fraction of sp³-hybridized carbons (Fsp3) is 0.120. The maximum Gasteiger partial charge on any atom is 0.351 e. The van der Waals surface area contributed by atoms with Crippen molar-refractivity contribution in [3.05, 3.63) is 110 Å². The van der Waals surface area contributed by atoms with Gasteiger partial charge in [-0.25, -0.2) is 9.48 Å². The lowest BCUT2D eigenvalue weighted by molar-refractivity contribution is 0.104. The number of nitrogens with zero attached hydrogens (tertiary/aromatic N) is 3. The molecule has 9 heteroatoms. The molecule has 0 spiro atoms. The number of benzene rings is 2. The van der Waals surface area contributed by atoms with Gasteiger partial charge >= 0.3 is 5.63 Å². The summed E-state index contributed by atoms with van der Waals surface area (Å²) in [6.07, 6.45) is 4.58. The van der Waals surface area contributed by atoms with Gasteiger partial charge in [0.05, 0.1) is 12.7 Å². The molecular formula is C25H20BrN3O5. The van der Waals surface area contributed by atoms with Crippen LogP contribution in [0.15, 0.2) is 80.6 Å². The molecule has 0 saturated heterocycles. The van der Waals surface area contributed by atoms with E-state index in [1.165, 1.54) is 19.1 Å². The molecule has 0 aliphatic heterocycles. The predicted molar refractivity (Wildman–Crippen MR) is 129 cm³/mol. The fourth-order valence-electron chi connectivity index (χ4n) is 3.21. The van der Waals surface area contributed by atoms with Crippen LogP contribution in [0.2, 0.25) is 0 Å². The lowest BCUT2D eigenvalue weighted by Crippen LogP contribution is -2.12. The van der Waals surface area contributed by atoms with Crippen molar-refractivity contribution >= 4 is 27.8 Å². The molecule has 0 saturated carbocycles. The summed E-state index contributed by atoms with van der Waals surface area (Å²) in [5.41, 5.74) is 1.25. The van der Waals surface area contributed by atoms with Gasteiger partial charge in [-0.15, -0.1) is 5.10 Å². The highest BCUT2D eigenvalue weighted by Crippen LogP contribution is 2.18. The first-order valence-electron chi connectivity index (χ1n) is 10.3. The third kappa shape index (κ3) is 5.87. The zero-order valence-electron chi connectivity index (χ0n) is 18.1. The summed E-state index contributed by atoms with van der Waals surface area (Å²) in [6, 6.07) is 16.3. The van der Waals surface area contributed by atoms with Crippen LogP contribution in [0.3, 0.4) is 0 Å². The number of halogens is 1. The van der Waals surface area contributed by atoms with Gasteiger partial charge in [0, 0.05) is 10.5 Å². The quantitative estimate of drug-likeness (QED) is 0.268. The minimum absolute atomic E-state index is 0.227. The van der Waals surface area contributed by atoms with Crippen LogP contribution in [0.4, 0.5) is 0 Å². The van der Waals surface area contributed by atoms with Crippen molar-refractivity contribution in [2.24, 2.45) is 0 Å². The van der Waals surface area contributed by atoms with Gasteiger partial charge in [0.25, 0.3) is 0 Å². The summed E-state index contributed by atoms with van der Waals surface area (Å²) in [6.45, 7) is 2.38. The SMILES string of the molecule is Cc1cc(O)c(C(=O)/C=C/c2ccc(OCc3cn(Cc4cccc(Br)c4)nn3)cc2)c(=O)o1. The number of aromatic nitrogens is 3. The van der Waals surface area contributed by atoms with Crippen molar-refractivity contribution in [1.29, 1.82) is 0 Å². The topological polar surface area (TPSA) is 107 Å². The Kier molecular flexibility index (Phi) is 7.03. The van der Waals surface area contributed by atoms with Crippen LogP contribution in [0.25, 0.3) is 6.08 Å². The van der Waals surface area contributed by atoms with Crippen molar-refractivity contribution in [3.63, 3.8) is 0 Å². The molecule has 0 aliphatic rings. The maximum absolute atomic E-state index is 12.3. The second-order valence-electron chi connectivity index (χ2n) is 7.50. The Labute approximate surface area is 203 Å². The molecule has 2 aromatic carbocycles. The molecule has 1 N–H and O–H groups in total. The van der Waals surface area contributed by atoms with Gasteiger partial charge in [0.2, 0.25) is 0 Å². The minimum atomic E-state index is -0.871. The number of rotatable bonds is 8. The number of hydrogen-bond acceptors (Lipinski definition) is 7. The zero-order valence-corrected chi connectivity index (χ0v) is 19.7. The van der Waals surface area contributed by atoms with Crippen LogP contribution in [0.5, 0.6) is 11.5 Å². The predicted octanol–water partition coefficient (Wildman–Crippen LogP) is 4.53. The van der Waals surface area contributed by atoms with Crippen LogP contribution in [-0.4, -0.2) is 25.9 Å². The van der Waals surface area contributed by atoms with Gasteiger partial charge in [0.1, 0.15) is 35.1 Å². The second-order valence-corrected chi connectivity index (χ2v) is 8.41. The van der Waals surface area contributed by atoms with Gasteiger partial charge in [-0.2, -0.15) is 0 Å². The molecule has 0 bridgehead atoms. The van der Waals surface area contributed by atoms with E-state index >= 15 is 0 Å². The Morgan fingerprint density at radius 2 is 2.00 bits per heavy atom. The van der Waals surface area contributed by atoms with Crippen LogP contribution >= 0.6 is 15.9 Å². The Bertz CT molecular complexity index is 1410. The Morgan fingerprint density at radius 1 is 1.21 bits per heavy atom. The lowest BCUT2D eigenvalue weighted by atomic mass is 10.1. The minimum Gasteiger partial charge on any atom is -0.507 e. The molecule has 2 heterocycles. The smallest absolute Gasteiger partial charge is 0.351 e. The van der Waals surface area contributed by atoms with E-state index in [9.17, 15) is 14.7 Å². The molecule has 0 unspecified atom stereocenters. The van der Waals surface area contributed by atoms with Crippen LogP contribution in [0, 0.1) is 6.92 Å². The van der Waals surface area contributed by atoms with E-state index in [1.807, 2.05) is 30.5 Å². The number of ether oxygens (including phenoxy) is 1. The van der Waals surface area contributed by atoms with Gasteiger partial charge in [-0.1, -0.05) is 51.5 Å². The van der Waals surface area contributed by atoms with Crippen molar-refractivity contribution in [3.8, 4) is 11.5 Å². The molecule has 0 amide bonds. The summed E-state index contributed by atoms with van der Waals surface area (Å²) in [4.78, 5) is 24.1. The molecule has 4 aromatic rings. The van der Waals surface area contributed by atoms with E-state index in [0.29, 0.717) is 18.0 Å². The van der Waals surface area contributed by atoms with E-state index in [4.69, 9.17) is 9.15 Å². The first-order chi connectivity index (χ1) is 16.4. The highest BCUT2D eigenvalue weighted by molar-refractivity contribution is 9.10. The second kappa shape index (κ2) is 10.3. The molecule has 0 aliphatic carbocycles. The molecule has 0 atom stereocenters. The number of ketones is 1. The highest BCUT2D eigenvalue weighted by Gasteiger charge is 2.15. The number of allylic oxidation sites excluding steroid dienone is 1. The summed E-state index contributed by atoms with van der Waals surface area (Å²) >= 11 is 3.46. The van der Waals surface area contributed by atoms with E-state index in [0.717, 1.165) is 15.6 Å². The number of carbonyl (C=O) groups is 1. The first kappa shape index (κ1) is 23.2. The number of aryl methyl sites for hydroxylation is 1. The average Bonchev–Trinajstić information content (AvgIpc) is 3.23. The Morgan fingerprint density at radius 3 is 2.74 bits per heavy atom. The highest BCUT2D eigenvalue weighted by atomic mass is 79.9. The molecule has 2 aromatic heterocycles. The molecule has 0 fully saturated rings. The van der Waals surface area contributed by atoms with Crippen molar-refractivity contribution in [2.45, 2.75) is 20.1 Å². The van der Waals surface area contributed by atoms with Crippen LogP contribution in [-0.2, 0) is 13.2 Å². The third-order valence-electron chi connectivity index (χ3n) is 4.81. The normalized spacial score (nSPS) is 11.1. The molecule has 8 nitrogen and oxygen atoms in total. The number of carbonyl (C=O) groups excluding carboxylic acids is 1. The average molecular weight is 522 g/mol. The molecule has 4 rings (SSSR count). The van der Waals surface area contributed by atoms with Gasteiger partial charge in [-0.3, -0.25) is 4.79 Å². The van der Waals surface area contributed by atoms with Crippen molar-refractivity contribution in [1.82, 2.24) is 15.0 Å². The fourth-order valence-corrected chi connectivity index (χ4v) is 3.66. The van der Waals surface area contributed by atoms with Crippen molar-refractivity contribution in [2.75, 3.05) is 0 Å². The maximum atomic E-state index is 12.3. The summed E-state index contributed by atoms with van der Waals surface area (Å²) < 4.78 is 13.4. The Balaban J connectivity index is 1.33. The largest absolute Gasteiger partial charge is 0.507 e. The van der Waals surface area contributed by atoms with Gasteiger partial charge in [0.15, 0.2) is 5.78 Å². The summed E-state index contributed by atoms with van der Waals surface area (Å²) in [5, 5.41) is 18.1. The summed E-state index contributed by atoms with van der Waals surface area (Å²) in [5.74, 6) is -0.189. The summed E-state index contributed by atoms with van der Waals surface area (Å²) in [7, 11) is 0.